The average Bonchev–Trinajstić information content (AvgIpc) is 2.60. The summed E-state index contributed by atoms with van der Waals surface area (Å²) in [6, 6.07) is 0. The van der Waals surface area contributed by atoms with Gasteiger partial charge in [0.05, 0.1) is 0 Å². The van der Waals surface area contributed by atoms with E-state index < -0.39 is 0 Å². The quantitative estimate of drug-likeness (QED) is 0.252. The summed E-state index contributed by atoms with van der Waals surface area (Å²) in [5.74, 6) is -0.0336. The number of carbonyl (C=O) groups excluding carboxylic acids is 1. The van der Waals surface area contributed by atoms with E-state index in [4.69, 9.17) is 4.74 Å². The van der Waals surface area contributed by atoms with E-state index in [9.17, 15) is 4.79 Å². The lowest BCUT2D eigenvalue weighted by molar-refractivity contribution is -0.149. The van der Waals surface area contributed by atoms with Gasteiger partial charge in [0, 0.05) is 13.0 Å². The maximum atomic E-state index is 12.1. The Morgan fingerprint density at radius 1 is 0.885 bits per heavy atom. The third-order valence-electron chi connectivity index (χ3n) is 4.74. The lowest BCUT2D eigenvalue weighted by Gasteiger charge is -2.19. The van der Waals surface area contributed by atoms with Crippen LogP contribution in [-0.4, -0.2) is 50.7 Å². The summed E-state index contributed by atoms with van der Waals surface area (Å²) in [6.07, 6.45) is 15.2. The predicted molar refractivity (Wildman–Crippen MR) is 113 cm³/mol. The van der Waals surface area contributed by atoms with Crippen molar-refractivity contribution >= 4 is 5.97 Å². The molecule has 0 amide bonds. The van der Waals surface area contributed by atoms with Crippen LogP contribution >= 0.6 is 0 Å². The van der Waals surface area contributed by atoms with Gasteiger partial charge < -0.3 is 15.0 Å². The summed E-state index contributed by atoms with van der Waals surface area (Å²) < 4.78 is 5.75. The molecular weight excluding hydrogens is 324 g/mol. The Hall–Kier alpha value is -0.610. The minimum absolute atomic E-state index is 0.0336. The molecule has 4 heteroatoms. The standard InChI is InChI=1S/C22H46N2O2/c1-5-7-9-11-12-14-18-23-20-21(16-13-10-8-6-2)26-22(25)17-15-19-24(3)4/h21,23H,5-20H2,1-4H3. The summed E-state index contributed by atoms with van der Waals surface area (Å²) in [6.45, 7) is 7.26. The van der Waals surface area contributed by atoms with Crippen molar-refractivity contribution in [3.8, 4) is 0 Å². The molecule has 0 aliphatic heterocycles. The monoisotopic (exact) mass is 370 g/mol. The molecule has 0 heterocycles. The number of rotatable bonds is 19. The zero-order valence-corrected chi connectivity index (χ0v) is 18.2. The third kappa shape index (κ3) is 18.2. The Bertz CT molecular complexity index is 309. The summed E-state index contributed by atoms with van der Waals surface area (Å²) in [7, 11) is 4.07. The molecule has 0 saturated heterocycles. The maximum absolute atomic E-state index is 12.1. The van der Waals surface area contributed by atoms with Crippen LogP contribution in [0.3, 0.4) is 0 Å². The van der Waals surface area contributed by atoms with Crippen LogP contribution in [0.2, 0.25) is 0 Å². The Kier molecular flexibility index (Phi) is 18.7. The molecule has 0 aromatic rings. The first-order valence-corrected chi connectivity index (χ1v) is 11.1. The highest BCUT2D eigenvalue weighted by atomic mass is 16.5. The van der Waals surface area contributed by atoms with Crippen molar-refractivity contribution in [3.63, 3.8) is 0 Å². The Morgan fingerprint density at radius 3 is 2.15 bits per heavy atom. The smallest absolute Gasteiger partial charge is 0.306 e. The van der Waals surface area contributed by atoms with Gasteiger partial charge in [-0.25, -0.2) is 0 Å². The van der Waals surface area contributed by atoms with Crippen molar-refractivity contribution in [2.75, 3.05) is 33.7 Å². The van der Waals surface area contributed by atoms with Crippen LogP contribution in [0.4, 0.5) is 0 Å². The summed E-state index contributed by atoms with van der Waals surface area (Å²) in [5, 5.41) is 3.51. The number of esters is 1. The van der Waals surface area contributed by atoms with Gasteiger partial charge in [-0.3, -0.25) is 4.79 Å². The second-order valence-corrected chi connectivity index (χ2v) is 7.84. The van der Waals surface area contributed by atoms with Crippen molar-refractivity contribution in [3.05, 3.63) is 0 Å². The molecule has 0 aromatic carbocycles. The van der Waals surface area contributed by atoms with Crippen LogP contribution < -0.4 is 5.32 Å². The highest BCUT2D eigenvalue weighted by Gasteiger charge is 2.14. The molecule has 0 spiro atoms. The molecule has 0 aliphatic rings. The predicted octanol–water partition coefficient (Wildman–Crippen LogP) is 5.16. The van der Waals surface area contributed by atoms with Gasteiger partial charge in [-0.1, -0.05) is 65.2 Å². The molecule has 0 saturated carbocycles. The Labute approximate surface area is 163 Å². The van der Waals surface area contributed by atoms with Crippen molar-refractivity contribution in [1.29, 1.82) is 0 Å². The molecule has 0 bridgehead atoms. The summed E-state index contributed by atoms with van der Waals surface area (Å²) in [4.78, 5) is 14.2. The maximum Gasteiger partial charge on any atom is 0.306 e. The fourth-order valence-corrected chi connectivity index (χ4v) is 3.08. The van der Waals surface area contributed by atoms with E-state index in [0.29, 0.717) is 6.42 Å². The van der Waals surface area contributed by atoms with E-state index in [-0.39, 0.29) is 12.1 Å². The number of ether oxygens (including phenoxy) is 1. The zero-order valence-electron chi connectivity index (χ0n) is 18.2. The third-order valence-corrected chi connectivity index (χ3v) is 4.74. The van der Waals surface area contributed by atoms with Gasteiger partial charge in [-0.05, 0) is 52.9 Å². The average molecular weight is 371 g/mol. The fraction of sp³-hybridized carbons (Fsp3) is 0.955. The zero-order chi connectivity index (χ0) is 19.5. The van der Waals surface area contributed by atoms with Gasteiger partial charge in [0.25, 0.3) is 0 Å². The highest BCUT2D eigenvalue weighted by Crippen LogP contribution is 2.10. The molecule has 0 rings (SSSR count). The van der Waals surface area contributed by atoms with Gasteiger partial charge >= 0.3 is 5.97 Å². The SMILES string of the molecule is CCCCCCCCNCC(CCCCCC)OC(=O)CCCN(C)C. The normalized spacial score (nSPS) is 12.5. The molecule has 4 nitrogen and oxygen atoms in total. The van der Waals surface area contributed by atoms with Crippen molar-refractivity contribution in [2.24, 2.45) is 0 Å². The first kappa shape index (κ1) is 25.4. The second kappa shape index (κ2) is 19.2. The first-order valence-electron chi connectivity index (χ1n) is 11.1. The largest absolute Gasteiger partial charge is 0.461 e. The molecule has 0 radical (unpaired) electrons. The molecule has 26 heavy (non-hydrogen) atoms. The number of nitrogens with one attached hydrogen (secondary N) is 1. The van der Waals surface area contributed by atoms with Gasteiger partial charge in [0.2, 0.25) is 0 Å². The number of carbonyl (C=O) groups is 1. The number of hydrogen-bond donors (Lipinski definition) is 1. The van der Waals surface area contributed by atoms with Crippen LogP contribution in [0.25, 0.3) is 0 Å². The van der Waals surface area contributed by atoms with Crippen molar-refractivity contribution in [1.82, 2.24) is 10.2 Å². The van der Waals surface area contributed by atoms with E-state index in [1.807, 2.05) is 14.1 Å². The molecule has 0 aromatic heterocycles. The highest BCUT2D eigenvalue weighted by molar-refractivity contribution is 5.69. The number of hydrogen-bond acceptors (Lipinski definition) is 4. The van der Waals surface area contributed by atoms with Gasteiger partial charge in [0.1, 0.15) is 6.10 Å². The number of unbranched alkanes of at least 4 members (excludes halogenated alkanes) is 8. The summed E-state index contributed by atoms with van der Waals surface area (Å²) in [5.41, 5.74) is 0. The van der Waals surface area contributed by atoms with E-state index >= 15 is 0 Å². The minimum Gasteiger partial charge on any atom is -0.461 e. The molecule has 1 unspecified atom stereocenters. The van der Waals surface area contributed by atoms with Crippen LogP contribution in [0, 0.1) is 0 Å². The van der Waals surface area contributed by atoms with Crippen molar-refractivity contribution in [2.45, 2.75) is 103 Å². The molecule has 0 aliphatic carbocycles. The van der Waals surface area contributed by atoms with E-state index in [0.717, 1.165) is 38.9 Å². The molecular formula is C22H46N2O2. The van der Waals surface area contributed by atoms with Crippen LogP contribution in [0.15, 0.2) is 0 Å². The minimum atomic E-state index is -0.0336. The van der Waals surface area contributed by atoms with E-state index in [1.54, 1.807) is 0 Å². The van der Waals surface area contributed by atoms with Gasteiger partial charge in [-0.15, -0.1) is 0 Å². The Balaban J connectivity index is 3.95. The molecule has 1 atom stereocenters. The van der Waals surface area contributed by atoms with Gasteiger partial charge in [-0.2, -0.15) is 0 Å². The first-order chi connectivity index (χ1) is 12.6. The number of nitrogens with zero attached hydrogens (tertiary/aromatic N) is 1. The fourth-order valence-electron chi connectivity index (χ4n) is 3.08. The van der Waals surface area contributed by atoms with E-state index in [1.165, 1.54) is 57.8 Å². The summed E-state index contributed by atoms with van der Waals surface area (Å²) >= 11 is 0. The van der Waals surface area contributed by atoms with Crippen LogP contribution in [0.1, 0.15) is 97.3 Å². The van der Waals surface area contributed by atoms with Gasteiger partial charge in [0.15, 0.2) is 0 Å². The Morgan fingerprint density at radius 2 is 1.50 bits per heavy atom. The molecule has 156 valence electrons. The van der Waals surface area contributed by atoms with Crippen LogP contribution in [0.5, 0.6) is 0 Å². The van der Waals surface area contributed by atoms with E-state index in [2.05, 4.69) is 24.1 Å². The van der Waals surface area contributed by atoms with Crippen LogP contribution in [-0.2, 0) is 9.53 Å². The topological polar surface area (TPSA) is 41.6 Å². The lowest BCUT2D eigenvalue weighted by atomic mass is 10.1. The van der Waals surface area contributed by atoms with Crippen molar-refractivity contribution < 1.29 is 9.53 Å². The lowest BCUT2D eigenvalue weighted by Crippen LogP contribution is -2.32. The molecule has 1 N–H and O–H groups in total. The second-order valence-electron chi connectivity index (χ2n) is 7.84. The molecule has 0 fully saturated rings.